The van der Waals surface area contributed by atoms with Gasteiger partial charge in [0, 0.05) is 22.7 Å². The van der Waals surface area contributed by atoms with Gasteiger partial charge in [-0.15, -0.1) is 11.3 Å². The molecule has 4 heteroatoms. The molecule has 1 aliphatic carbocycles. The third kappa shape index (κ3) is 2.79. The van der Waals surface area contributed by atoms with Crippen molar-refractivity contribution in [2.75, 3.05) is 19.3 Å². The van der Waals surface area contributed by atoms with E-state index in [0.29, 0.717) is 4.75 Å². The van der Waals surface area contributed by atoms with Crippen LogP contribution in [-0.2, 0) is 6.42 Å². The minimum absolute atomic E-state index is 0.558. The Labute approximate surface area is 106 Å². The van der Waals surface area contributed by atoms with Crippen LogP contribution in [0.25, 0.3) is 0 Å². The van der Waals surface area contributed by atoms with Crippen molar-refractivity contribution >= 4 is 23.1 Å². The predicted octanol–water partition coefficient (Wildman–Crippen LogP) is 2.87. The zero-order valence-electron chi connectivity index (χ0n) is 10.1. The maximum Gasteiger partial charge on any atom is 0.0797 e. The number of thiazole rings is 1. The number of thioether (sulfide) groups is 1. The molecule has 0 unspecified atom stereocenters. The second-order valence-corrected chi connectivity index (χ2v) is 6.74. The number of aryl methyl sites for hydroxylation is 1. The number of aromatic nitrogens is 1. The predicted molar refractivity (Wildman–Crippen MR) is 73.5 cm³/mol. The monoisotopic (exact) mass is 256 g/mol. The van der Waals surface area contributed by atoms with Crippen LogP contribution in [0.5, 0.6) is 0 Å². The topological polar surface area (TPSA) is 24.9 Å². The maximum atomic E-state index is 4.27. The molecule has 1 aromatic rings. The molecule has 0 aliphatic heterocycles. The number of nitrogens with one attached hydrogen (secondary N) is 1. The highest BCUT2D eigenvalue weighted by Gasteiger charge is 2.35. The van der Waals surface area contributed by atoms with Crippen molar-refractivity contribution in [1.82, 2.24) is 10.3 Å². The van der Waals surface area contributed by atoms with Gasteiger partial charge in [0.25, 0.3) is 0 Å². The molecule has 1 saturated carbocycles. The summed E-state index contributed by atoms with van der Waals surface area (Å²) in [4.78, 5) is 5.70. The van der Waals surface area contributed by atoms with E-state index in [1.54, 1.807) is 11.3 Å². The van der Waals surface area contributed by atoms with Crippen LogP contribution < -0.4 is 5.32 Å². The van der Waals surface area contributed by atoms with Gasteiger partial charge in [-0.1, -0.05) is 6.42 Å². The molecule has 1 N–H and O–H groups in total. The van der Waals surface area contributed by atoms with Crippen molar-refractivity contribution in [1.29, 1.82) is 0 Å². The van der Waals surface area contributed by atoms with E-state index in [2.05, 4.69) is 23.5 Å². The Morgan fingerprint density at radius 2 is 2.38 bits per heavy atom. The van der Waals surface area contributed by atoms with Gasteiger partial charge in [-0.3, -0.25) is 0 Å². The summed E-state index contributed by atoms with van der Waals surface area (Å²) in [5.41, 5.74) is 3.15. The molecule has 0 aromatic carbocycles. The molecular formula is C12H20N2S2. The lowest BCUT2D eigenvalue weighted by atomic mass is 9.84. The smallest absolute Gasteiger partial charge is 0.0797 e. The molecule has 2 nitrogen and oxygen atoms in total. The summed E-state index contributed by atoms with van der Waals surface area (Å²) in [5, 5.41) is 3.60. The Kier molecular flexibility index (Phi) is 4.27. The van der Waals surface area contributed by atoms with Crippen LogP contribution in [0.2, 0.25) is 0 Å². The first-order valence-corrected chi connectivity index (χ1v) is 8.01. The molecule has 2 rings (SSSR count). The summed E-state index contributed by atoms with van der Waals surface area (Å²) in [6.07, 6.45) is 7.56. The fraction of sp³-hybridized carbons (Fsp3) is 0.750. The summed E-state index contributed by atoms with van der Waals surface area (Å²) in [6, 6.07) is 0. The first-order chi connectivity index (χ1) is 7.76. The van der Waals surface area contributed by atoms with Crippen LogP contribution >= 0.6 is 23.1 Å². The van der Waals surface area contributed by atoms with Crippen LogP contribution in [0.1, 0.15) is 29.8 Å². The Morgan fingerprint density at radius 3 is 2.88 bits per heavy atom. The molecule has 0 amide bonds. The molecule has 0 spiro atoms. The van der Waals surface area contributed by atoms with Crippen LogP contribution in [0.4, 0.5) is 0 Å². The summed E-state index contributed by atoms with van der Waals surface area (Å²) < 4.78 is 0.558. The molecule has 0 bridgehead atoms. The van der Waals surface area contributed by atoms with E-state index in [4.69, 9.17) is 0 Å². The third-order valence-electron chi connectivity index (χ3n) is 3.52. The molecule has 1 aromatic heterocycles. The Hall–Kier alpha value is -0.0600. The van der Waals surface area contributed by atoms with Crippen molar-refractivity contribution in [3.8, 4) is 0 Å². The summed E-state index contributed by atoms with van der Waals surface area (Å²) in [7, 11) is 0. The highest BCUT2D eigenvalue weighted by atomic mass is 32.2. The minimum Gasteiger partial charge on any atom is -0.315 e. The van der Waals surface area contributed by atoms with Crippen molar-refractivity contribution in [2.24, 2.45) is 0 Å². The van der Waals surface area contributed by atoms with E-state index in [9.17, 15) is 0 Å². The van der Waals surface area contributed by atoms with Gasteiger partial charge in [0.05, 0.1) is 11.2 Å². The first-order valence-electron chi connectivity index (χ1n) is 5.91. The normalized spacial score (nSPS) is 18.4. The first kappa shape index (κ1) is 12.4. The van der Waals surface area contributed by atoms with E-state index in [1.165, 1.54) is 36.4 Å². The zero-order chi connectivity index (χ0) is 11.4. The summed E-state index contributed by atoms with van der Waals surface area (Å²) in [5.74, 6) is 0. The van der Waals surface area contributed by atoms with Gasteiger partial charge in [0.1, 0.15) is 0 Å². The van der Waals surface area contributed by atoms with Gasteiger partial charge in [-0.05, 0) is 32.4 Å². The zero-order valence-corrected chi connectivity index (χ0v) is 11.7. The van der Waals surface area contributed by atoms with Gasteiger partial charge in [-0.2, -0.15) is 11.8 Å². The van der Waals surface area contributed by atoms with Crippen LogP contribution in [-0.4, -0.2) is 29.1 Å². The molecule has 1 fully saturated rings. The Morgan fingerprint density at radius 1 is 1.56 bits per heavy atom. The van der Waals surface area contributed by atoms with Crippen LogP contribution in [0.15, 0.2) is 5.51 Å². The van der Waals surface area contributed by atoms with Gasteiger partial charge < -0.3 is 5.32 Å². The average Bonchev–Trinajstić information content (AvgIpc) is 2.62. The van der Waals surface area contributed by atoms with Gasteiger partial charge >= 0.3 is 0 Å². The third-order valence-corrected chi connectivity index (χ3v) is 5.93. The summed E-state index contributed by atoms with van der Waals surface area (Å²) in [6.45, 7) is 4.36. The van der Waals surface area contributed by atoms with Crippen LogP contribution in [0.3, 0.4) is 0 Å². The Bertz CT molecular complexity index is 326. The second kappa shape index (κ2) is 5.52. The van der Waals surface area contributed by atoms with Crippen LogP contribution in [0, 0.1) is 6.92 Å². The second-order valence-electron chi connectivity index (χ2n) is 4.53. The van der Waals surface area contributed by atoms with Crippen molar-refractivity contribution < 1.29 is 0 Å². The van der Waals surface area contributed by atoms with Crippen molar-refractivity contribution in [3.63, 3.8) is 0 Å². The van der Waals surface area contributed by atoms with E-state index in [-0.39, 0.29) is 0 Å². The largest absolute Gasteiger partial charge is 0.315 e. The molecule has 1 heterocycles. The number of nitrogens with zero attached hydrogens (tertiary/aromatic N) is 1. The SMILES string of the molecule is CSC1(CNCCc2scnc2C)CCC1. The quantitative estimate of drug-likeness (QED) is 0.792. The number of hydrogen-bond donors (Lipinski definition) is 1. The van der Waals surface area contributed by atoms with E-state index >= 15 is 0 Å². The fourth-order valence-electron chi connectivity index (χ4n) is 2.11. The van der Waals surface area contributed by atoms with Crippen molar-refractivity contribution in [2.45, 2.75) is 37.4 Å². The average molecular weight is 256 g/mol. The molecule has 0 saturated heterocycles. The lowest BCUT2D eigenvalue weighted by molar-refractivity contribution is 0.347. The molecule has 1 aliphatic rings. The highest BCUT2D eigenvalue weighted by Crippen LogP contribution is 2.42. The number of hydrogen-bond acceptors (Lipinski definition) is 4. The Balaban J connectivity index is 1.67. The molecule has 0 radical (unpaired) electrons. The molecule has 16 heavy (non-hydrogen) atoms. The highest BCUT2D eigenvalue weighted by molar-refractivity contribution is 8.00. The number of rotatable bonds is 6. The molecule has 0 atom stereocenters. The fourth-order valence-corrected chi connectivity index (χ4v) is 3.83. The maximum absolute atomic E-state index is 4.27. The van der Waals surface area contributed by atoms with Crippen molar-refractivity contribution in [3.05, 3.63) is 16.1 Å². The lowest BCUT2D eigenvalue weighted by Crippen LogP contribution is -2.43. The van der Waals surface area contributed by atoms with E-state index in [0.717, 1.165) is 13.0 Å². The molecule has 90 valence electrons. The van der Waals surface area contributed by atoms with Gasteiger partial charge in [0.15, 0.2) is 0 Å². The van der Waals surface area contributed by atoms with E-state index < -0.39 is 0 Å². The minimum atomic E-state index is 0.558. The molecular weight excluding hydrogens is 236 g/mol. The standard InChI is InChI=1S/C12H20N2S2/c1-10-11(16-9-14-10)4-7-13-8-12(15-2)5-3-6-12/h9,13H,3-8H2,1-2H3. The van der Waals surface area contributed by atoms with E-state index in [1.807, 2.05) is 17.3 Å². The van der Waals surface area contributed by atoms with Gasteiger partial charge in [-0.25, -0.2) is 4.98 Å². The summed E-state index contributed by atoms with van der Waals surface area (Å²) >= 11 is 3.81. The lowest BCUT2D eigenvalue weighted by Gasteiger charge is -2.40. The van der Waals surface area contributed by atoms with Gasteiger partial charge in [0.2, 0.25) is 0 Å².